The predicted octanol–water partition coefficient (Wildman–Crippen LogP) is 2.39. The van der Waals surface area contributed by atoms with Crippen LogP contribution < -0.4 is 0 Å². The highest BCUT2D eigenvalue weighted by Gasteiger charge is 2.60. The van der Waals surface area contributed by atoms with Gasteiger partial charge in [-0.15, -0.1) is 0 Å². The smallest absolute Gasteiger partial charge is 0.454 e. The molecule has 0 aromatic carbocycles. The molecule has 8 heteroatoms. The van der Waals surface area contributed by atoms with E-state index in [4.69, 9.17) is 4.74 Å². The topological polar surface area (TPSA) is 60.4 Å². The first kappa shape index (κ1) is 14.2. The van der Waals surface area contributed by atoms with Crippen LogP contribution in [0.5, 0.6) is 0 Å². The van der Waals surface area contributed by atoms with Crippen molar-refractivity contribution in [2.45, 2.75) is 49.4 Å². The van der Waals surface area contributed by atoms with Crippen molar-refractivity contribution in [1.29, 1.82) is 0 Å². The highest BCUT2D eigenvalue weighted by molar-refractivity contribution is 7.88. The first-order valence-electron chi connectivity index (χ1n) is 6.67. The lowest BCUT2D eigenvalue weighted by molar-refractivity contribution is -0.201. The number of carbonyl (C=O) groups excluding carboxylic acids is 1. The zero-order valence-corrected chi connectivity index (χ0v) is 11.5. The average molecular weight is 312 g/mol. The van der Waals surface area contributed by atoms with Crippen LogP contribution in [-0.2, 0) is 19.8 Å². The lowest BCUT2D eigenvalue weighted by Crippen LogP contribution is -2.54. The molecular weight excluding hydrogens is 297 g/mol. The molecule has 0 radical (unpaired) electrons. The van der Waals surface area contributed by atoms with Crippen molar-refractivity contribution < 1.29 is 30.6 Å². The van der Waals surface area contributed by atoms with E-state index in [-0.39, 0.29) is 0 Å². The zero-order valence-electron chi connectivity index (χ0n) is 10.6. The molecule has 114 valence electrons. The fourth-order valence-corrected chi connectivity index (χ4v) is 4.75. The van der Waals surface area contributed by atoms with Crippen molar-refractivity contribution in [2.24, 2.45) is 17.8 Å². The van der Waals surface area contributed by atoms with Gasteiger partial charge < -0.3 is 4.74 Å². The first-order chi connectivity index (χ1) is 9.11. The third-order valence-electron chi connectivity index (χ3n) is 4.84. The van der Waals surface area contributed by atoms with Gasteiger partial charge in [0.05, 0.1) is 0 Å². The van der Waals surface area contributed by atoms with Gasteiger partial charge in [0.1, 0.15) is 5.60 Å². The zero-order chi connectivity index (χ0) is 14.8. The molecule has 4 fully saturated rings. The molecule has 4 nitrogen and oxygen atoms in total. The van der Waals surface area contributed by atoms with Crippen molar-refractivity contribution >= 4 is 16.2 Å². The molecule has 0 atom stereocenters. The molecule has 4 aliphatic carbocycles. The second kappa shape index (κ2) is 4.11. The molecule has 0 aromatic heterocycles. The molecule has 0 aromatic rings. The number of esters is 1. The Morgan fingerprint density at radius 3 is 1.80 bits per heavy atom. The van der Waals surface area contributed by atoms with Crippen LogP contribution in [0.2, 0.25) is 0 Å². The van der Waals surface area contributed by atoms with Crippen LogP contribution in [0.4, 0.5) is 12.7 Å². The van der Waals surface area contributed by atoms with E-state index in [0.29, 0.717) is 37.0 Å². The summed E-state index contributed by atoms with van der Waals surface area (Å²) >= 11 is 0. The normalized spacial score (nSPS) is 39.9. The summed E-state index contributed by atoms with van der Waals surface area (Å²) in [4.78, 5) is 11.4. The maximum absolute atomic E-state index is 13.2. The Morgan fingerprint density at radius 1 is 1.05 bits per heavy atom. The highest BCUT2D eigenvalue weighted by Crippen LogP contribution is 2.57. The number of hydrogen-bond acceptors (Lipinski definition) is 4. The molecule has 0 amide bonds. The molecule has 0 heterocycles. The Morgan fingerprint density at radius 2 is 1.45 bits per heavy atom. The summed E-state index contributed by atoms with van der Waals surface area (Å²) in [7, 11) is -6.29. The molecule has 4 bridgehead atoms. The predicted molar refractivity (Wildman–Crippen MR) is 62.0 cm³/mol. The minimum Gasteiger partial charge on any atom is -0.454 e. The van der Waals surface area contributed by atoms with Crippen molar-refractivity contribution in [1.82, 2.24) is 0 Å². The lowest BCUT2D eigenvalue weighted by atomic mass is 9.54. The maximum atomic E-state index is 13.2. The van der Waals surface area contributed by atoms with Crippen molar-refractivity contribution in [3.63, 3.8) is 0 Å². The van der Waals surface area contributed by atoms with E-state index in [1.165, 1.54) is 0 Å². The Kier molecular flexibility index (Phi) is 2.91. The third kappa shape index (κ3) is 2.12. The summed E-state index contributed by atoms with van der Waals surface area (Å²) in [5, 5.41) is -5.11. The van der Waals surface area contributed by atoms with E-state index in [1.807, 2.05) is 0 Å². The number of ether oxygens (including phenoxy) is 1. The number of rotatable bonds is 3. The highest BCUT2D eigenvalue weighted by atomic mass is 32.3. The fraction of sp³-hybridized carbons (Fsp3) is 0.917. The van der Waals surface area contributed by atoms with Crippen molar-refractivity contribution in [2.75, 3.05) is 0 Å². The molecule has 0 N–H and O–H groups in total. The lowest BCUT2D eigenvalue weighted by Gasteiger charge is -2.55. The summed E-state index contributed by atoms with van der Waals surface area (Å²) in [6.07, 6.45) is 4.46. The summed E-state index contributed by atoms with van der Waals surface area (Å²) in [5.74, 6) is -1.26. The van der Waals surface area contributed by atoms with E-state index >= 15 is 0 Å². The summed E-state index contributed by atoms with van der Waals surface area (Å²) in [5.41, 5.74) is -1.01. The third-order valence-corrected chi connectivity index (χ3v) is 5.61. The first-order valence-corrected chi connectivity index (χ1v) is 8.05. The van der Waals surface area contributed by atoms with Gasteiger partial charge >= 0.3 is 21.4 Å². The minimum atomic E-state index is -6.29. The van der Waals surface area contributed by atoms with Crippen molar-refractivity contribution in [3.05, 3.63) is 0 Å². The molecule has 4 aliphatic rings. The summed E-state index contributed by atoms with van der Waals surface area (Å²) in [6, 6.07) is 0. The van der Waals surface area contributed by atoms with Gasteiger partial charge in [-0.05, 0) is 56.3 Å². The van der Waals surface area contributed by atoms with Crippen LogP contribution in [0.3, 0.4) is 0 Å². The molecule has 0 unspecified atom stereocenters. The van der Waals surface area contributed by atoms with Crippen LogP contribution in [0.15, 0.2) is 0 Å². The van der Waals surface area contributed by atoms with Crippen LogP contribution in [0.25, 0.3) is 0 Å². The van der Waals surface area contributed by atoms with Crippen LogP contribution in [0.1, 0.15) is 38.5 Å². The second-order valence-corrected chi connectivity index (χ2v) is 7.83. The van der Waals surface area contributed by atoms with E-state index in [1.54, 1.807) is 0 Å². The van der Waals surface area contributed by atoms with E-state index in [2.05, 4.69) is 0 Å². The quantitative estimate of drug-likeness (QED) is 0.593. The number of hydrogen-bond donors (Lipinski definition) is 0. The summed E-state index contributed by atoms with van der Waals surface area (Å²) in [6.45, 7) is 0. The van der Waals surface area contributed by atoms with Gasteiger partial charge in [0.15, 0.2) is 0 Å². The van der Waals surface area contributed by atoms with Crippen LogP contribution in [-0.4, -0.2) is 25.2 Å². The fourth-order valence-electron chi connectivity index (χ4n) is 4.51. The van der Waals surface area contributed by atoms with E-state index in [0.717, 1.165) is 19.3 Å². The molecule has 0 spiro atoms. The molecule has 4 rings (SSSR count). The monoisotopic (exact) mass is 312 g/mol. The molecule has 20 heavy (non-hydrogen) atoms. The number of halogens is 3. The number of carbonyl (C=O) groups is 1. The van der Waals surface area contributed by atoms with Gasteiger partial charge in [-0.25, -0.2) is 4.79 Å². The average Bonchev–Trinajstić information content (AvgIpc) is 2.24. The van der Waals surface area contributed by atoms with E-state index < -0.39 is 27.0 Å². The summed E-state index contributed by atoms with van der Waals surface area (Å²) < 4.78 is 64.4. The Bertz CT molecular complexity index is 508. The maximum Gasteiger partial charge on any atom is 0.470 e. The Hall–Kier alpha value is -0.790. The van der Waals surface area contributed by atoms with Crippen molar-refractivity contribution in [3.8, 4) is 0 Å². The van der Waals surface area contributed by atoms with Gasteiger partial charge in [-0.2, -0.15) is 17.2 Å². The molecule has 0 saturated heterocycles. The van der Waals surface area contributed by atoms with Gasteiger partial charge in [-0.3, -0.25) is 0 Å². The van der Waals surface area contributed by atoms with Gasteiger partial charge in [0.25, 0.3) is 0 Å². The number of alkyl halides is 2. The van der Waals surface area contributed by atoms with Gasteiger partial charge in [0, 0.05) is 0 Å². The Balaban J connectivity index is 1.80. The second-order valence-electron chi connectivity index (χ2n) is 6.44. The largest absolute Gasteiger partial charge is 0.470 e. The van der Waals surface area contributed by atoms with Crippen LogP contribution in [0, 0.1) is 17.8 Å². The molecule has 4 saturated carbocycles. The van der Waals surface area contributed by atoms with Gasteiger partial charge in [0.2, 0.25) is 0 Å². The minimum absolute atomic E-state index is 0.338. The Labute approximate surface area is 114 Å². The SMILES string of the molecule is O=C(OC12CC3CC(CC(C3)C1)C2)C(F)(F)S(=O)(=O)F. The standard InChI is InChI=1S/C12H15F3O4S/c13-12(14,20(15,17)18)10(16)19-11-4-7-1-8(5-11)3-9(2-7)6-11/h7-9H,1-6H2. The van der Waals surface area contributed by atoms with E-state index in [9.17, 15) is 25.9 Å². The molecular formula is C12H15F3O4S. The van der Waals surface area contributed by atoms with Gasteiger partial charge in [-0.1, -0.05) is 3.89 Å². The molecule has 0 aliphatic heterocycles. The van der Waals surface area contributed by atoms with Crippen LogP contribution >= 0.6 is 0 Å².